The Morgan fingerprint density at radius 3 is 2.31 bits per heavy atom. The summed E-state index contributed by atoms with van der Waals surface area (Å²) < 4.78 is 25.7. The zero-order chi connectivity index (χ0) is 12.8. The molecule has 0 bridgehead atoms. The lowest BCUT2D eigenvalue weighted by atomic mass is 9.93. The van der Waals surface area contributed by atoms with Crippen molar-refractivity contribution < 1.29 is 8.42 Å². The molecule has 0 saturated heterocycles. The van der Waals surface area contributed by atoms with E-state index >= 15 is 0 Å². The number of nitrogens with two attached hydrogens (primary N) is 1. The third-order valence-electron chi connectivity index (χ3n) is 2.13. The summed E-state index contributed by atoms with van der Waals surface area (Å²) in [5.74, 6) is 0.113. The van der Waals surface area contributed by atoms with Crippen molar-refractivity contribution in [3.8, 4) is 0 Å². The van der Waals surface area contributed by atoms with Crippen molar-refractivity contribution in [1.29, 1.82) is 0 Å². The highest BCUT2D eigenvalue weighted by Gasteiger charge is 2.21. The fourth-order valence-corrected chi connectivity index (χ4v) is 2.86. The second-order valence-electron chi connectivity index (χ2n) is 5.18. The Balaban J connectivity index is 4.12. The van der Waals surface area contributed by atoms with E-state index in [4.69, 9.17) is 5.73 Å². The Morgan fingerprint density at radius 1 is 1.31 bits per heavy atom. The maximum absolute atomic E-state index is 11.5. The Morgan fingerprint density at radius 2 is 1.88 bits per heavy atom. The van der Waals surface area contributed by atoms with Gasteiger partial charge in [0.2, 0.25) is 10.0 Å². The molecule has 98 valence electrons. The predicted octanol–water partition coefficient (Wildman–Crippen LogP) is -0.158. The number of hydrogen-bond donors (Lipinski definition) is 2. The molecule has 0 radical (unpaired) electrons. The molecule has 5 nitrogen and oxygen atoms in total. The topological polar surface area (TPSA) is 75.4 Å². The van der Waals surface area contributed by atoms with Crippen LogP contribution >= 0.6 is 0 Å². The zero-order valence-corrected chi connectivity index (χ0v) is 11.6. The summed E-state index contributed by atoms with van der Waals surface area (Å²) in [6, 6.07) is 0. The predicted molar refractivity (Wildman–Crippen MR) is 67.8 cm³/mol. The van der Waals surface area contributed by atoms with E-state index in [2.05, 4.69) is 4.72 Å². The molecule has 0 rings (SSSR count). The van der Waals surface area contributed by atoms with Gasteiger partial charge < -0.3 is 10.6 Å². The average Bonchev–Trinajstić information content (AvgIpc) is 2.10. The third-order valence-corrected chi connectivity index (χ3v) is 3.54. The van der Waals surface area contributed by atoms with Gasteiger partial charge in [0.05, 0.1) is 5.75 Å². The van der Waals surface area contributed by atoms with E-state index < -0.39 is 10.0 Å². The van der Waals surface area contributed by atoms with Gasteiger partial charge in [0, 0.05) is 13.1 Å². The first kappa shape index (κ1) is 15.8. The van der Waals surface area contributed by atoms with Crippen LogP contribution in [0.3, 0.4) is 0 Å². The van der Waals surface area contributed by atoms with Crippen LogP contribution in [0.5, 0.6) is 0 Å². The first-order chi connectivity index (χ1) is 7.18. The normalized spacial score (nSPS) is 13.4. The Kier molecular flexibility index (Phi) is 6.47. The third kappa shape index (κ3) is 8.04. The maximum Gasteiger partial charge on any atom is 0.211 e. The smallest absolute Gasteiger partial charge is 0.211 e. The van der Waals surface area contributed by atoms with E-state index in [9.17, 15) is 8.42 Å². The molecule has 0 amide bonds. The summed E-state index contributed by atoms with van der Waals surface area (Å²) >= 11 is 0. The molecule has 0 aromatic carbocycles. The van der Waals surface area contributed by atoms with Crippen LogP contribution in [-0.4, -0.2) is 52.8 Å². The number of nitrogens with zero attached hydrogens (tertiary/aromatic N) is 1. The monoisotopic (exact) mass is 251 g/mol. The highest BCUT2D eigenvalue weighted by Crippen LogP contribution is 2.14. The molecule has 0 atom stereocenters. The molecule has 0 unspecified atom stereocenters. The second kappa shape index (κ2) is 6.54. The lowest BCUT2D eigenvalue weighted by molar-refractivity contribution is 0.242. The first-order valence-electron chi connectivity index (χ1n) is 5.51. The minimum Gasteiger partial charge on any atom is -0.330 e. The van der Waals surface area contributed by atoms with Gasteiger partial charge in [-0.25, -0.2) is 13.1 Å². The van der Waals surface area contributed by atoms with Gasteiger partial charge in [-0.2, -0.15) is 0 Å². The van der Waals surface area contributed by atoms with Crippen LogP contribution < -0.4 is 10.5 Å². The molecule has 0 saturated carbocycles. The average molecular weight is 251 g/mol. The molecule has 0 heterocycles. The molecule has 0 aliphatic carbocycles. The SMILES string of the molecule is CN(C)CC(C)(C)CNS(=O)(=O)CCCN. The van der Waals surface area contributed by atoms with Crippen molar-refractivity contribution in [3.63, 3.8) is 0 Å². The minimum atomic E-state index is -3.16. The van der Waals surface area contributed by atoms with Crippen LogP contribution in [0.4, 0.5) is 0 Å². The molecule has 3 N–H and O–H groups in total. The van der Waals surface area contributed by atoms with Crippen molar-refractivity contribution in [2.75, 3.05) is 39.5 Å². The van der Waals surface area contributed by atoms with Crippen molar-refractivity contribution >= 4 is 10.0 Å². The second-order valence-corrected chi connectivity index (χ2v) is 7.11. The Hall–Kier alpha value is -0.170. The summed E-state index contributed by atoms with van der Waals surface area (Å²) in [7, 11) is 0.792. The summed E-state index contributed by atoms with van der Waals surface area (Å²) in [5.41, 5.74) is 5.21. The van der Waals surface area contributed by atoms with Crippen molar-refractivity contribution in [2.24, 2.45) is 11.1 Å². The van der Waals surface area contributed by atoms with E-state index in [1.165, 1.54) is 0 Å². The quantitative estimate of drug-likeness (QED) is 0.629. The van der Waals surface area contributed by atoms with E-state index in [1.54, 1.807) is 0 Å². The molecule has 16 heavy (non-hydrogen) atoms. The minimum absolute atomic E-state index is 0.0702. The van der Waals surface area contributed by atoms with Crippen molar-refractivity contribution in [3.05, 3.63) is 0 Å². The van der Waals surface area contributed by atoms with E-state index in [0.717, 1.165) is 6.54 Å². The van der Waals surface area contributed by atoms with Gasteiger partial charge in [0.1, 0.15) is 0 Å². The molecule has 0 aliphatic rings. The molecule has 0 aromatic rings. The lowest BCUT2D eigenvalue weighted by Gasteiger charge is -2.28. The molecule has 0 aromatic heterocycles. The number of sulfonamides is 1. The molecule has 0 spiro atoms. The summed E-state index contributed by atoms with van der Waals surface area (Å²) in [5, 5.41) is 0. The summed E-state index contributed by atoms with van der Waals surface area (Å²) in [4.78, 5) is 2.05. The van der Waals surface area contributed by atoms with Crippen molar-refractivity contribution in [1.82, 2.24) is 9.62 Å². The maximum atomic E-state index is 11.5. The van der Waals surface area contributed by atoms with E-state index in [1.807, 2.05) is 32.8 Å². The van der Waals surface area contributed by atoms with Gasteiger partial charge in [-0.1, -0.05) is 13.8 Å². The highest BCUT2D eigenvalue weighted by atomic mass is 32.2. The zero-order valence-electron chi connectivity index (χ0n) is 10.8. The summed E-state index contributed by atoms with van der Waals surface area (Å²) in [6.45, 7) is 5.78. The van der Waals surface area contributed by atoms with Gasteiger partial charge in [0.25, 0.3) is 0 Å². The molecular weight excluding hydrogens is 226 g/mol. The van der Waals surface area contributed by atoms with Gasteiger partial charge in [-0.3, -0.25) is 0 Å². The van der Waals surface area contributed by atoms with Crippen LogP contribution in [0.1, 0.15) is 20.3 Å². The molecule has 0 fully saturated rings. The number of rotatable bonds is 8. The summed E-state index contributed by atoms with van der Waals surface area (Å²) in [6.07, 6.45) is 0.503. The van der Waals surface area contributed by atoms with Crippen LogP contribution in [0.25, 0.3) is 0 Å². The van der Waals surface area contributed by atoms with Crippen LogP contribution in [-0.2, 0) is 10.0 Å². The largest absolute Gasteiger partial charge is 0.330 e. The van der Waals surface area contributed by atoms with E-state index in [0.29, 0.717) is 19.5 Å². The molecular formula is C10H25N3O2S. The molecule has 0 aliphatic heterocycles. The standard InChI is InChI=1S/C10H25N3O2S/c1-10(2,9-13(3)4)8-12-16(14,15)7-5-6-11/h12H,5-9,11H2,1-4H3. The first-order valence-corrected chi connectivity index (χ1v) is 7.16. The Bertz CT molecular complexity index is 286. The van der Waals surface area contributed by atoms with Crippen LogP contribution in [0.15, 0.2) is 0 Å². The van der Waals surface area contributed by atoms with Crippen LogP contribution in [0.2, 0.25) is 0 Å². The molecule has 6 heteroatoms. The van der Waals surface area contributed by atoms with Gasteiger partial charge in [0.15, 0.2) is 0 Å². The fraction of sp³-hybridized carbons (Fsp3) is 1.00. The van der Waals surface area contributed by atoms with Crippen LogP contribution in [0, 0.1) is 5.41 Å². The fourth-order valence-electron chi connectivity index (χ4n) is 1.56. The number of nitrogens with one attached hydrogen (secondary N) is 1. The highest BCUT2D eigenvalue weighted by molar-refractivity contribution is 7.89. The van der Waals surface area contributed by atoms with Gasteiger partial charge in [-0.15, -0.1) is 0 Å². The van der Waals surface area contributed by atoms with E-state index in [-0.39, 0.29) is 11.2 Å². The van der Waals surface area contributed by atoms with Gasteiger partial charge >= 0.3 is 0 Å². The van der Waals surface area contributed by atoms with Gasteiger partial charge in [-0.05, 0) is 32.5 Å². The Labute approximate surface area is 99.4 Å². The van der Waals surface area contributed by atoms with Crippen molar-refractivity contribution in [2.45, 2.75) is 20.3 Å². The number of hydrogen-bond acceptors (Lipinski definition) is 4. The lowest BCUT2D eigenvalue weighted by Crippen LogP contribution is -2.40.